The van der Waals surface area contributed by atoms with Crippen LogP contribution in [0.5, 0.6) is 0 Å². The summed E-state index contributed by atoms with van der Waals surface area (Å²) < 4.78 is 0. The molecule has 30 heavy (non-hydrogen) atoms. The molecule has 1 aromatic heterocycles. The number of primary amides is 1. The summed E-state index contributed by atoms with van der Waals surface area (Å²) in [7, 11) is 0. The molecule has 0 spiro atoms. The van der Waals surface area contributed by atoms with Crippen LogP contribution in [0.3, 0.4) is 0 Å². The Morgan fingerprint density at radius 2 is 1.83 bits per heavy atom. The predicted molar refractivity (Wildman–Crippen MR) is 120 cm³/mol. The summed E-state index contributed by atoms with van der Waals surface area (Å²) in [5.74, 6) is -0.795. The normalized spacial score (nSPS) is 14.2. The maximum absolute atomic E-state index is 12.7. The standard InChI is InChI=1S/C24H24N4O2/c25-24(30)19-9-11-21(28-14-2-1-3-15-28)20(16-19)27-22(29)12-10-18-7-4-6-17-8-5-13-26-23(17)18/h4-13,16H,1-3,14-15H2,(H2,25,30)(H,27,29). The van der Waals surface area contributed by atoms with Crippen molar-refractivity contribution in [3.63, 3.8) is 0 Å². The van der Waals surface area contributed by atoms with Gasteiger partial charge in [0.1, 0.15) is 0 Å². The number of rotatable bonds is 5. The van der Waals surface area contributed by atoms with Crippen molar-refractivity contribution < 1.29 is 9.59 Å². The van der Waals surface area contributed by atoms with E-state index in [-0.39, 0.29) is 5.91 Å². The van der Waals surface area contributed by atoms with Gasteiger partial charge < -0.3 is 16.0 Å². The number of piperidine rings is 1. The zero-order valence-electron chi connectivity index (χ0n) is 16.7. The first-order valence-corrected chi connectivity index (χ1v) is 10.1. The SMILES string of the molecule is NC(=O)c1ccc(N2CCCCC2)c(NC(=O)C=Cc2cccc3cccnc23)c1. The average molecular weight is 400 g/mol. The molecule has 0 unspecified atom stereocenters. The van der Waals surface area contributed by atoms with Crippen LogP contribution in [-0.2, 0) is 4.79 Å². The highest BCUT2D eigenvalue weighted by molar-refractivity contribution is 6.06. The quantitative estimate of drug-likeness (QED) is 0.634. The predicted octanol–water partition coefficient (Wildman–Crippen LogP) is 3.98. The first kappa shape index (κ1) is 19.6. The van der Waals surface area contributed by atoms with Gasteiger partial charge in [0.05, 0.1) is 16.9 Å². The summed E-state index contributed by atoms with van der Waals surface area (Å²) in [6.45, 7) is 1.85. The second kappa shape index (κ2) is 8.78. The third-order valence-corrected chi connectivity index (χ3v) is 5.31. The number of anilines is 2. The Kier molecular flexibility index (Phi) is 5.75. The summed E-state index contributed by atoms with van der Waals surface area (Å²) in [5, 5.41) is 3.94. The van der Waals surface area contributed by atoms with E-state index in [9.17, 15) is 9.59 Å². The van der Waals surface area contributed by atoms with Gasteiger partial charge in [-0.2, -0.15) is 0 Å². The van der Waals surface area contributed by atoms with Crippen molar-refractivity contribution in [1.29, 1.82) is 0 Å². The van der Waals surface area contributed by atoms with Crippen LogP contribution in [0.15, 0.2) is 60.8 Å². The number of amides is 2. The first-order chi connectivity index (χ1) is 14.6. The van der Waals surface area contributed by atoms with E-state index in [0.717, 1.165) is 48.1 Å². The van der Waals surface area contributed by atoms with Crippen LogP contribution in [0.1, 0.15) is 35.2 Å². The van der Waals surface area contributed by atoms with E-state index in [1.54, 1.807) is 24.4 Å². The molecule has 152 valence electrons. The fourth-order valence-electron chi connectivity index (χ4n) is 3.80. The van der Waals surface area contributed by atoms with Gasteiger partial charge in [-0.25, -0.2) is 0 Å². The third-order valence-electron chi connectivity index (χ3n) is 5.31. The number of nitrogens with two attached hydrogens (primary N) is 1. The van der Waals surface area contributed by atoms with Crippen LogP contribution in [0.25, 0.3) is 17.0 Å². The van der Waals surface area contributed by atoms with E-state index in [0.29, 0.717) is 11.3 Å². The van der Waals surface area contributed by atoms with Gasteiger partial charge in [0, 0.05) is 41.9 Å². The van der Waals surface area contributed by atoms with Gasteiger partial charge in [-0.3, -0.25) is 14.6 Å². The van der Waals surface area contributed by atoms with Gasteiger partial charge in [0.25, 0.3) is 0 Å². The molecule has 2 aromatic carbocycles. The van der Waals surface area contributed by atoms with Crippen molar-refractivity contribution in [2.75, 3.05) is 23.3 Å². The number of pyridine rings is 1. The molecule has 1 aliphatic heterocycles. The maximum atomic E-state index is 12.7. The topological polar surface area (TPSA) is 88.3 Å². The van der Waals surface area contributed by atoms with Gasteiger partial charge in [-0.15, -0.1) is 0 Å². The molecule has 6 heteroatoms. The number of para-hydroxylation sites is 1. The number of hydrogen-bond acceptors (Lipinski definition) is 4. The van der Waals surface area contributed by atoms with Crippen LogP contribution in [-0.4, -0.2) is 29.9 Å². The molecular weight excluding hydrogens is 376 g/mol. The molecule has 4 rings (SSSR count). The highest BCUT2D eigenvalue weighted by Gasteiger charge is 2.17. The molecule has 0 bridgehead atoms. The Morgan fingerprint density at radius 1 is 1.03 bits per heavy atom. The molecule has 0 atom stereocenters. The summed E-state index contributed by atoms with van der Waals surface area (Å²) in [4.78, 5) is 31.0. The van der Waals surface area contributed by atoms with Crippen molar-refractivity contribution in [3.8, 4) is 0 Å². The van der Waals surface area contributed by atoms with Crippen LogP contribution >= 0.6 is 0 Å². The molecule has 0 aliphatic carbocycles. The fourth-order valence-corrected chi connectivity index (χ4v) is 3.80. The third kappa shape index (κ3) is 4.33. The maximum Gasteiger partial charge on any atom is 0.248 e. The van der Waals surface area contributed by atoms with Crippen LogP contribution in [0.4, 0.5) is 11.4 Å². The Morgan fingerprint density at radius 3 is 2.63 bits per heavy atom. The lowest BCUT2D eigenvalue weighted by Gasteiger charge is -2.30. The number of benzene rings is 2. The van der Waals surface area contributed by atoms with Crippen molar-refractivity contribution in [3.05, 3.63) is 71.9 Å². The van der Waals surface area contributed by atoms with Crippen molar-refractivity contribution in [2.24, 2.45) is 5.73 Å². The molecular formula is C24H24N4O2. The van der Waals surface area contributed by atoms with E-state index < -0.39 is 5.91 Å². The highest BCUT2D eigenvalue weighted by Crippen LogP contribution is 2.30. The van der Waals surface area contributed by atoms with E-state index in [1.807, 2.05) is 36.4 Å². The molecule has 1 saturated heterocycles. The molecule has 2 amide bonds. The van der Waals surface area contributed by atoms with Crippen LogP contribution in [0, 0.1) is 0 Å². The van der Waals surface area contributed by atoms with Crippen molar-refractivity contribution in [1.82, 2.24) is 4.98 Å². The van der Waals surface area contributed by atoms with Gasteiger partial charge in [-0.1, -0.05) is 24.3 Å². The number of nitrogens with one attached hydrogen (secondary N) is 1. The van der Waals surface area contributed by atoms with Crippen molar-refractivity contribution >= 4 is 40.2 Å². The van der Waals surface area contributed by atoms with E-state index in [1.165, 1.54) is 12.5 Å². The Labute approximate surface area is 175 Å². The van der Waals surface area contributed by atoms with Crippen LogP contribution < -0.4 is 16.0 Å². The molecule has 3 aromatic rings. The minimum absolute atomic E-state index is 0.275. The smallest absolute Gasteiger partial charge is 0.248 e. The van der Waals surface area contributed by atoms with Gasteiger partial charge >= 0.3 is 0 Å². The Bertz CT molecular complexity index is 1110. The van der Waals surface area contributed by atoms with E-state index in [2.05, 4.69) is 15.2 Å². The molecule has 6 nitrogen and oxygen atoms in total. The van der Waals surface area contributed by atoms with E-state index >= 15 is 0 Å². The Hall–Kier alpha value is -3.67. The van der Waals surface area contributed by atoms with Crippen LogP contribution in [0.2, 0.25) is 0 Å². The van der Waals surface area contributed by atoms with Crippen molar-refractivity contribution in [2.45, 2.75) is 19.3 Å². The molecule has 2 heterocycles. The number of carbonyl (C=O) groups excluding carboxylic acids is 2. The van der Waals surface area contributed by atoms with Gasteiger partial charge in [0.15, 0.2) is 0 Å². The lowest BCUT2D eigenvalue weighted by atomic mass is 10.1. The number of fused-ring (bicyclic) bond motifs is 1. The molecule has 0 radical (unpaired) electrons. The molecule has 1 fully saturated rings. The number of nitrogens with zero attached hydrogens (tertiary/aromatic N) is 2. The summed E-state index contributed by atoms with van der Waals surface area (Å²) >= 11 is 0. The minimum Gasteiger partial charge on any atom is -0.370 e. The zero-order valence-corrected chi connectivity index (χ0v) is 16.7. The molecule has 0 saturated carbocycles. The lowest BCUT2D eigenvalue weighted by molar-refractivity contribution is -0.111. The summed E-state index contributed by atoms with van der Waals surface area (Å²) in [6.07, 6.45) is 8.40. The monoisotopic (exact) mass is 400 g/mol. The minimum atomic E-state index is -0.520. The second-order valence-electron chi connectivity index (χ2n) is 7.39. The van der Waals surface area contributed by atoms with E-state index in [4.69, 9.17) is 5.73 Å². The summed E-state index contributed by atoms with van der Waals surface area (Å²) in [5.41, 5.74) is 9.03. The number of carbonyl (C=O) groups is 2. The zero-order chi connectivity index (χ0) is 20.9. The largest absolute Gasteiger partial charge is 0.370 e. The Balaban J connectivity index is 1.59. The fraction of sp³-hybridized carbons (Fsp3) is 0.208. The van der Waals surface area contributed by atoms with Gasteiger partial charge in [0.2, 0.25) is 11.8 Å². The highest BCUT2D eigenvalue weighted by atomic mass is 16.1. The molecule has 1 aliphatic rings. The summed E-state index contributed by atoms with van der Waals surface area (Å²) in [6, 6.07) is 14.9. The molecule has 3 N–H and O–H groups in total. The van der Waals surface area contributed by atoms with Gasteiger partial charge in [-0.05, 0) is 49.6 Å². The second-order valence-corrected chi connectivity index (χ2v) is 7.39. The lowest BCUT2D eigenvalue weighted by Crippen LogP contribution is -2.30. The first-order valence-electron chi connectivity index (χ1n) is 10.1. The average Bonchev–Trinajstić information content (AvgIpc) is 2.78. The number of hydrogen-bond donors (Lipinski definition) is 2. The number of aromatic nitrogens is 1.